The van der Waals surface area contributed by atoms with Gasteiger partial charge in [0.15, 0.2) is 0 Å². The summed E-state index contributed by atoms with van der Waals surface area (Å²) in [6, 6.07) is 8.61. The fraction of sp³-hybridized carbons (Fsp3) is 0.500. The van der Waals surface area contributed by atoms with Crippen molar-refractivity contribution in [2.75, 3.05) is 18.2 Å². The topological polar surface area (TPSA) is 41.1 Å². The highest BCUT2D eigenvalue weighted by Gasteiger charge is 2.21. The zero-order valence-corrected chi connectivity index (χ0v) is 11.6. The molecule has 2 N–H and O–H groups in total. The predicted molar refractivity (Wildman–Crippen MR) is 76.8 cm³/mol. The second-order valence-electron chi connectivity index (χ2n) is 4.48. The first-order valence-electron chi connectivity index (χ1n) is 6.46. The Morgan fingerprint density at radius 1 is 1.39 bits per heavy atom. The molecular weight excluding hydrogens is 244 g/mol. The van der Waals surface area contributed by atoms with E-state index in [2.05, 4.69) is 41.8 Å². The number of hydrogen-bond acceptors (Lipinski definition) is 3. The number of carbonyl (C=O) groups is 1. The van der Waals surface area contributed by atoms with Crippen LogP contribution >= 0.6 is 11.8 Å². The van der Waals surface area contributed by atoms with Gasteiger partial charge in [0.25, 0.3) is 0 Å². The Hall–Kier alpha value is -1.00. The molecule has 1 aromatic rings. The van der Waals surface area contributed by atoms with E-state index in [-0.39, 0.29) is 11.9 Å². The van der Waals surface area contributed by atoms with Gasteiger partial charge in [0, 0.05) is 18.2 Å². The van der Waals surface area contributed by atoms with E-state index in [4.69, 9.17) is 0 Å². The first kappa shape index (κ1) is 13.4. The Labute approximate surface area is 113 Å². The van der Waals surface area contributed by atoms with Crippen LogP contribution in [0.4, 0.5) is 0 Å². The summed E-state index contributed by atoms with van der Waals surface area (Å²) in [6.45, 7) is 2.87. The normalized spacial score (nSPS) is 18.8. The molecular formula is C14H20N2OS. The summed E-state index contributed by atoms with van der Waals surface area (Å²) < 4.78 is 0. The highest BCUT2D eigenvalue weighted by Crippen LogP contribution is 2.09. The Morgan fingerprint density at radius 3 is 2.72 bits per heavy atom. The van der Waals surface area contributed by atoms with Crippen LogP contribution in [0.15, 0.2) is 24.3 Å². The molecule has 0 aromatic heterocycles. The largest absolute Gasteiger partial charge is 0.354 e. The van der Waals surface area contributed by atoms with E-state index in [0.717, 1.165) is 24.5 Å². The van der Waals surface area contributed by atoms with Crippen LogP contribution in [0.5, 0.6) is 0 Å². The van der Waals surface area contributed by atoms with Crippen LogP contribution in [-0.2, 0) is 17.6 Å². The quantitative estimate of drug-likeness (QED) is 0.848. The third-order valence-electron chi connectivity index (χ3n) is 3.18. The fourth-order valence-corrected chi connectivity index (χ4v) is 2.90. The minimum Gasteiger partial charge on any atom is -0.354 e. The van der Waals surface area contributed by atoms with Crippen LogP contribution in [0.25, 0.3) is 0 Å². The molecule has 3 nitrogen and oxygen atoms in total. The first-order valence-corrected chi connectivity index (χ1v) is 7.61. The number of amides is 1. The van der Waals surface area contributed by atoms with E-state index in [1.807, 2.05) is 0 Å². The molecule has 1 fully saturated rings. The van der Waals surface area contributed by atoms with Crippen LogP contribution in [0.3, 0.4) is 0 Å². The molecule has 0 radical (unpaired) electrons. The number of nitrogens with one attached hydrogen (secondary N) is 2. The molecule has 18 heavy (non-hydrogen) atoms. The molecule has 1 aliphatic heterocycles. The molecule has 98 valence electrons. The van der Waals surface area contributed by atoms with Gasteiger partial charge in [-0.15, -0.1) is 11.8 Å². The summed E-state index contributed by atoms with van der Waals surface area (Å²) in [5.41, 5.74) is 2.64. The van der Waals surface area contributed by atoms with Crippen molar-refractivity contribution in [1.82, 2.24) is 10.6 Å². The number of rotatable bonds is 5. The summed E-state index contributed by atoms with van der Waals surface area (Å²) >= 11 is 1.77. The highest BCUT2D eigenvalue weighted by atomic mass is 32.2. The lowest BCUT2D eigenvalue weighted by Crippen LogP contribution is -2.42. The molecule has 2 rings (SSSR count). The number of thioether (sulfide) groups is 1. The second kappa shape index (κ2) is 6.81. The molecule has 1 heterocycles. The lowest BCUT2D eigenvalue weighted by Gasteiger charge is -2.10. The van der Waals surface area contributed by atoms with Gasteiger partial charge in [-0.2, -0.15) is 0 Å². The first-order chi connectivity index (χ1) is 8.79. The van der Waals surface area contributed by atoms with Crippen LogP contribution in [0.2, 0.25) is 0 Å². The molecule has 0 spiro atoms. The Kier molecular flexibility index (Phi) is 5.08. The van der Waals surface area contributed by atoms with Gasteiger partial charge in [-0.1, -0.05) is 31.2 Å². The van der Waals surface area contributed by atoms with Crippen molar-refractivity contribution in [3.8, 4) is 0 Å². The van der Waals surface area contributed by atoms with Crippen molar-refractivity contribution in [3.05, 3.63) is 35.4 Å². The van der Waals surface area contributed by atoms with Gasteiger partial charge in [-0.05, 0) is 24.0 Å². The van der Waals surface area contributed by atoms with Gasteiger partial charge in [0.05, 0.1) is 6.04 Å². The minimum atomic E-state index is -0.00235. The SMILES string of the molecule is CCc1ccc(CCNC(=O)C2CSCN2)cc1. The average molecular weight is 264 g/mol. The van der Waals surface area contributed by atoms with Crippen molar-refractivity contribution in [2.24, 2.45) is 0 Å². The Bertz CT molecular complexity index is 385. The molecule has 1 amide bonds. The molecule has 4 heteroatoms. The van der Waals surface area contributed by atoms with E-state index in [0.29, 0.717) is 6.54 Å². The second-order valence-corrected chi connectivity index (χ2v) is 5.51. The smallest absolute Gasteiger partial charge is 0.238 e. The van der Waals surface area contributed by atoms with Crippen LogP contribution in [0, 0.1) is 0 Å². The number of hydrogen-bond donors (Lipinski definition) is 2. The Balaban J connectivity index is 1.72. The maximum absolute atomic E-state index is 11.7. The number of aryl methyl sites for hydroxylation is 1. The van der Waals surface area contributed by atoms with E-state index in [9.17, 15) is 4.79 Å². The van der Waals surface area contributed by atoms with E-state index >= 15 is 0 Å². The third-order valence-corrected chi connectivity index (χ3v) is 4.12. The average Bonchev–Trinajstić information content (AvgIpc) is 2.93. The lowest BCUT2D eigenvalue weighted by molar-refractivity contribution is -0.122. The van der Waals surface area contributed by atoms with Gasteiger partial charge in [0.1, 0.15) is 0 Å². The molecule has 0 aliphatic carbocycles. The molecule has 1 aliphatic rings. The third kappa shape index (κ3) is 3.75. The van der Waals surface area contributed by atoms with Crippen molar-refractivity contribution in [3.63, 3.8) is 0 Å². The summed E-state index contributed by atoms with van der Waals surface area (Å²) in [5.74, 6) is 1.90. The monoisotopic (exact) mass is 264 g/mol. The van der Waals surface area contributed by atoms with E-state index < -0.39 is 0 Å². The van der Waals surface area contributed by atoms with E-state index in [1.54, 1.807) is 11.8 Å². The summed E-state index contributed by atoms with van der Waals surface area (Å²) in [5, 5.41) is 6.16. The summed E-state index contributed by atoms with van der Waals surface area (Å²) in [6.07, 6.45) is 1.97. The maximum Gasteiger partial charge on any atom is 0.238 e. The predicted octanol–water partition coefficient (Wildman–Crippen LogP) is 1.57. The van der Waals surface area contributed by atoms with Gasteiger partial charge in [-0.3, -0.25) is 10.1 Å². The van der Waals surface area contributed by atoms with E-state index in [1.165, 1.54) is 11.1 Å². The molecule has 1 unspecified atom stereocenters. The van der Waals surface area contributed by atoms with Crippen molar-refractivity contribution in [2.45, 2.75) is 25.8 Å². The zero-order valence-electron chi connectivity index (χ0n) is 10.7. The van der Waals surface area contributed by atoms with Crippen molar-refractivity contribution >= 4 is 17.7 Å². The lowest BCUT2D eigenvalue weighted by atomic mass is 10.1. The van der Waals surface area contributed by atoms with Gasteiger partial charge < -0.3 is 5.32 Å². The standard InChI is InChI=1S/C14H20N2OS/c1-2-11-3-5-12(6-4-11)7-8-15-14(17)13-9-18-10-16-13/h3-6,13,16H,2,7-10H2,1H3,(H,15,17). The highest BCUT2D eigenvalue weighted by molar-refractivity contribution is 7.99. The van der Waals surface area contributed by atoms with Crippen LogP contribution in [0.1, 0.15) is 18.1 Å². The zero-order chi connectivity index (χ0) is 12.8. The molecule has 0 saturated carbocycles. The molecule has 0 bridgehead atoms. The van der Waals surface area contributed by atoms with Crippen molar-refractivity contribution < 1.29 is 4.79 Å². The van der Waals surface area contributed by atoms with Gasteiger partial charge >= 0.3 is 0 Å². The van der Waals surface area contributed by atoms with Gasteiger partial charge in [0.2, 0.25) is 5.91 Å². The van der Waals surface area contributed by atoms with Crippen LogP contribution < -0.4 is 10.6 Å². The fourth-order valence-electron chi connectivity index (χ4n) is 1.96. The summed E-state index contributed by atoms with van der Waals surface area (Å²) in [7, 11) is 0. The number of benzene rings is 1. The number of carbonyl (C=O) groups excluding carboxylic acids is 1. The van der Waals surface area contributed by atoms with Crippen LogP contribution in [-0.4, -0.2) is 30.1 Å². The van der Waals surface area contributed by atoms with Crippen molar-refractivity contribution in [1.29, 1.82) is 0 Å². The van der Waals surface area contributed by atoms with Gasteiger partial charge in [-0.25, -0.2) is 0 Å². The summed E-state index contributed by atoms with van der Waals surface area (Å²) in [4.78, 5) is 11.7. The maximum atomic E-state index is 11.7. The Morgan fingerprint density at radius 2 is 2.11 bits per heavy atom. The molecule has 1 atom stereocenters. The molecule has 1 saturated heterocycles. The minimum absolute atomic E-state index is 0.00235. The molecule has 1 aromatic carbocycles.